The third kappa shape index (κ3) is 3.54. The van der Waals surface area contributed by atoms with Crippen molar-refractivity contribution in [3.05, 3.63) is 12.2 Å². The van der Waals surface area contributed by atoms with Crippen LogP contribution in [0.4, 0.5) is 0 Å². The Bertz CT molecular complexity index is 127. The van der Waals surface area contributed by atoms with Crippen LogP contribution in [0.15, 0.2) is 12.2 Å². The summed E-state index contributed by atoms with van der Waals surface area (Å²) in [5.74, 6) is 0. The van der Waals surface area contributed by atoms with Crippen LogP contribution in [0.3, 0.4) is 0 Å². The molecule has 0 aromatic heterocycles. The van der Waals surface area contributed by atoms with Crippen LogP contribution >= 0.6 is 0 Å². The van der Waals surface area contributed by atoms with Gasteiger partial charge in [-0.15, -0.1) is 0 Å². The van der Waals surface area contributed by atoms with Crippen molar-refractivity contribution in [2.24, 2.45) is 5.41 Å². The molecule has 0 radical (unpaired) electrons. The van der Waals surface area contributed by atoms with Crippen molar-refractivity contribution in [1.82, 2.24) is 0 Å². The summed E-state index contributed by atoms with van der Waals surface area (Å²) >= 11 is 0. The fraction of sp³-hybridized carbons (Fsp3) is 0.846. The minimum atomic E-state index is 0.457. The minimum absolute atomic E-state index is 0.457. The maximum Gasteiger partial charge on any atom is -0.00938 e. The van der Waals surface area contributed by atoms with E-state index in [1.54, 1.807) is 0 Å². The van der Waals surface area contributed by atoms with E-state index in [9.17, 15) is 0 Å². The SMILES string of the molecule is C=C(C)C(CCC)(CCC)CCC. The Morgan fingerprint density at radius 1 is 0.923 bits per heavy atom. The molecular formula is C13H26. The lowest BCUT2D eigenvalue weighted by Gasteiger charge is -2.34. The molecule has 13 heavy (non-hydrogen) atoms. The Labute approximate surface area is 84.4 Å². The highest BCUT2D eigenvalue weighted by atomic mass is 14.3. The fourth-order valence-electron chi connectivity index (χ4n) is 2.45. The zero-order valence-electron chi connectivity index (χ0n) is 9.95. The smallest absolute Gasteiger partial charge is 0.00938 e. The van der Waals surface area contributed by atoms with Gasteiger partial charge in [-0.05, 0) is 31.6 Å². The lowest BCUT2D eigenvalue weighted by atomic mass is 9.71. The zero-order chi connectivity index (χ0) is 10.3. The maximum absolute atomic E-state index is 4.18. The monoisotopic (exact) mass is 182 g/mol. The van der Waals surface area contributed by atoms with Crippen LogP contribution < -0.4 is 0 Å². The summed E-state index contributed by atoms with van der Waals surface area (Å²) in [6, 6.07) is 0. The normalized spacial score (nSPS) is 11.7. The van der Waals surface area contributed by atoms with Gasteiger partial charge >= 0.3 is 0 Å². The van der Waals surface area contributed by atoms with Gasteiger partial charge in [0.25, 0.3) is 0 Å². The summed E-state index contributed by atoms with van der Waals surface area (Å²) in [5, 5.41) is 0. The molecule has 0 aliphatic rings. The zero-order valence-corrected chi connectivity index (χ0v) is 9.95. The van der Waals surface area contributed by atoms with E-state index in [0.717, 1.165) is 0 Å². The van der Waals surface area contributed by atoms with Gasteiger partial charge in [-0.2, -0.15) is 0 Å². The molecule has 0 aliphatic carbocycles. The Balaban J connectivity index is 4.48. The highest BCUT2D eigenvalue weighted by Gasteiger charge is 2.27. The Kier molecular flexibility index (Phi) is 6.11. The average molecular weight is 182 g/mol. The van der Waals surface area contributed by atoms with Gasteiger partial charge in [-0.1, -0.05) is 52.2 Å². The molecule has 0 atom stereocenters. The van der Waals surface area contributed by atoms with E-state index in [0.29, 0.717) is 5.41 Å². The van der Waals surface area contributed by atoms with Gasteiger partial charge in [-0.3, -0.25) is 0 Å². The highest BCUT2D eigenvalue weighted by molar-refractivity contribution is 5.07. The molecule has 0 bridgehead atoms. The molecule has 0 aromatic rings. The summed E-state index contributed by atoms with van der Waals surface area (Å²) in [7, 11) is 0. The summed E-state index contributed by atoms with van der Waals surface area (Å²) < 4.78 is 0. The van der Waals surface area contributed by atoms with Crippen molar-refractivity contribution in [2.75, 3.05) is 0 Å². The van der Waals surface area contributed by atoms with E-state index in [1.807, 2.05) is 0 Å². The first kappa shape index (κ1) is 12.7. The second-order valence-corrected chi connectivity index (χ2v) is 4.31. The van der Waals surface area contributed by atoms with Crippen molar-refractivity contribution < 1.29 is 0 Å². The van der Waals surface area contributed by atoms with E-state index in [-0.39, 0.29) is 0 Å². The van der Waals surface area contributed by atoms with Gasteiger partial charge in [0.05, 0.1) is 0 Å². The van der Waals surface area contributed by atoms with Crippen LogP contribution in [0.1, 0.15) is 66.2 Å². The second kappa shape index (κ2) is 6.23. The Hall–Kier alpha value is -0.260. The largest absolute Gasteiger partial charge is 0.0996 e. The summed E-state index contributed by atoms with van der Waals surface area (Å²) in [5.41, 5.74) is 1.86. The van der Waals surface area contributed by atoms with Crippen molar-refractivity contribution in [1.29, 1.82) is 0 Å². The van der Waals surface area contributed by atoms with Gasteiger partial charge in [0.2, 0.25) is 0 Å². The van der Waals surface area contributed by atoms with Crippen molar-refractivity contribution >= 4 is 0 Å². The Morgan fingerprint density at radius 2 is 1.23 bits per heavy atom. The van der Waals surface area contributed by atoms with E-state index in [4.69, 9.17) is 0 Å². The molecule has 0 N–H and O–H groups in total. The van der Waals surface area contributed by atoms with Gasteiger partial charge in [-0.25, -0.2) is 0 Å². The molecule has 0 nitrogen and oxygen atoms in total. The van der Waals surface area contributed by atoms with Crippen LogP contribution in [0.2, 0.25) is 0 Å². The first-order valence-electron chi connectivity index (χ1n) is 5.79. The van der Waals surface area contributed by atoms with Crippen molar-refractivity contribution in [3.63, 3.8) is 0 Å². The first-order valence-corrected chi connectivity index (χ1v) is 5.79. The van der Waals surface area contributed by atoms with Crippen molar-refractivity contribution in [2.45, 2.75) is 66.2 Å². The average Bonchev–Trinajstić information content (AvgIpc) is 2.05. The second-order valence-electron chi connectivity index (χ2n) is 4.31. The molecule has 78 valence electrons. The lowest BCUT2D eigenvalue weighted by molar-refractivity contribution is 0.268. The van der Waals surface area contributed by atoms with E-state index >= 15 is 0 Å². The topological polar surface area (TPSA) is 0 Å². The van der Waals surface area contributed by atoms with E-state index in [1.165, 1.54) is 44.1 Å². The molecule has 0 fully saturated rings. The van der Waals surface area contributed by atoms with Crippen LogP contribution in [0.5, 0.6) is 0 Å². The molecular weight excluding hydrogens is 156 g/mol. The highest BCUT2D eigenvalue weighted by Crippen LogP contribution is 2.40. The number of hydrogen-bond acceptors (Lipinski definition) is 0. The predicted molar refractivity (Wildman–Crippen MR) is 62.0 cm³/mol. The summed E-state index contributed by atoms with van der Waals surface area (Å²) in [4.78, 5) is 0. The third-order valence-corrected chi connectivity index (χ3v) is 3.09. The molecule has 0 aromatic carbocycles. The molecule has 0 rings (SSSR count). The van der Waals surface area contributed by atoms with Gasteiger partial charge < -0.3 is 0 Å². The molecule has 0 spiro atoms. The summed E-state index contributed by atoms with van der Waals surface area (Å²) in [6.07, 6.45) is 7.82. The molecule has 0 unspecified atom stereocenters. The number of allylic oxidation sites excluding steroid dienone is 1. The van der Waals surface area contributed by atoms with Gasteiger partial charge in [0.1, 0.15) is 0 Å². The lowest BCUT2D eigenvalue weighted by Crippen LogP contribution is -2.21. The van der Waals surface area contributed by atoms with Crippen LogP contribution in [-0.2, 0) is 0 Å². The number of rotatable bonds is 7. The standard InChI is InChI=1S/C13H26/c1-6-9-13(10-7-2,11-8-3)12(4)5/h4,6-11H2,1-3,5H3. The van der Waals surface area contributed by atoms with Crippen molar-refractivity contribution in [3.8, 4) is 0 Å². The van der Waals surface area contributed by atoms with E-state index < -0.39 is 0 Å². The Morgan fingerprint density at radius 3 is 1.38 bits per heavy atom. The molecule has 0 heterocycles. The van der Waals surface area contributed by atoms with Gasteiger partial charge in [0, 0.05) is 0 Å². The van der Waals surface area contributed by atoms with Gasteiger partial charge in [0.15, 0.2) is 0 Å². The minimum Gasteiger partial charge on any atom is -0.0996 e. The molecule has 0 aliphatic heterocycles. The summed E-state index contributed by atoms with van der Waals surface area (Å²) in [6.45, 7) is 13.2. The first-order chi connectivity index (χ1) is 6.13. The third-order valence-electron chi connectivity index (χ3n) is 3.09. The molecule has 0 amide bonds. The quantitative estimate of drug-likeness (QED) is 0.489. The molecule has 0 saturated heterocycles. The molecule has 0 saturated carbocycles. The fourth-order valence-corrected chi connectivity index (χ4v) is 2.45. The molecule has 0 heteroatoms. The van der Waals surface area contributed by atoms with E-state index in [2.05, 4.69) is 34.3 Å². The maximum atomic E-state index is 4.18. The van der Waals surface area contributed by atoms with Crippen LogP contribution in [-0.4, -0.2) is 0 Å². The van der Waals surface area contributed by atoms with Crippen LogP contribution in [0.25, 0.3) is 0 Å². The number of hydrogen-bond donors (Lipinski definition) is 0. The predicted octanol–water partition coefficient (Wildman–Crippen LogP) is 4.95. The van der Waals surface area contributed by atoms with Crippen LogP contribution in [0, 0.1) is 5.41 Å².